The molecule has 1 N–H and O–H groups in total. The lowest BCUT2D eigenvalue weighted by atomic mass is 9.91. The van der Waals surface area contributed by atoms with Crippen molar-refractivity contribution in [1.29, 1.82) is 0 Å². The van der Waals surface area contributed by atoms with Crippen LogP contribution in [0.4, 0.5) is 4.79 Å². The molecule has 1 aromatic heterocycles. The zero-order valence-corrected chi connectivity index (χ0v) is 18.3. The third kappa shape index (κ3) is 7.35. The molecule has 0 radical (unpaired) electrons. The van der Waals surface area contributed by atoms with Gasteiger partial charge in [-0.3, -0.25) is 4.98 Å². The van der Waals surface area contributed by atoms with Gasteiger partial charge in [0.15, 0.2) is 0 Å². The van der Waals surface area contributed by atoms with Gasteiger partial charge in [0.2, 0.25) is 0 Å². The van der Waals surface area contributed by atoms with Crippen LogP contribution in [0.15, 0.2) is 54.4 Å². The SMILES string of the molecule is CCOC(=O)/C(C)=C/c1ccc(C(CNC(=O)OC(C)(C)C)c2cccnc2)cc1. The smallest absolute Gasteiger partial charge is 0.407 e. The van der Waals surface area contributed by atoms with Gasteiger partial charge >= 0.3 is 12.1 Å². The number of carbonyl (C=O) groups is 2. The van der Waals surface area contributed by atoms with E-state index >= 15 is 0 Å². The maximum absolute atomic E-state index is 12.1. The molecule has 0 fully saturated rings. The minimum Gasteiger partial charge on any atom is -0.463 e. The van der Waals surface area contributed by atoms with Crippen molar-refractivity contribution in [3.05, 3.63) is 71.1 Å². The van der Waals surface area contributed by atoms with Crippen LogP contribution >= 0.6 is 0 Å². The van der Waals surface area contributed by atoms with Crippen molar-refractivity contribution >= 4 is 18.1 Å². The van der Waals surface area contributed by atoms with Crippen molar-refractivity contribution < 1.29 is 19.1 Å². The Balaban J connectivity index is 2.19. The summed E-state index contributed by atoms with van der Waals surface area (Å²) in [5.41, 5.74) is 2.89. The number of hydrogen-bond acceptors (Lipinski definition) is 5. The van der Waals surface area contributed by atoms with Crippen LogP contribution < -0.4 is 5.32 Å². The number of hydrogen-bond donors (Lipinski definition) is 1. The molecule has 1 heterocycles. The van der Waals surface area contributed by atoms with Gasteiger partial charge in [0.25, 0.3) is 0 Å². The van der Waals surface area contributed by atoms with Crippen molar-refractivity contribution in [3.63, 3.8) is 0 Å². The summed E-state index contributed by atoms with van der Waals surface area (Å²) in [6, 6.07) is 11.7. The number of rotatable bonds is 7. The van der Waals surface area contributed by atoms with Crippen LogP contribution in [0.2, 0.25) is 0 Å². The molecule has 6 heteroatoms. The summed E-state index contributed by atoms with van der Waals surface area (Å²) in [7, 11) is 0. The Hall–Kier alpha value is -3.15. The zero-order valence-electron chi connectivity index (χ0n) is 18.3. The summed E-state index contributed by atoms with van der Waals surface area (Å²) in [5.74, 6) is -0.410. The van der Waals surface area contributed by atoms with E-state index in [1.807, 2.05) is 57.2 Å². The molecule has 0 saturated carbocycles. The number of ether oxygens (including phenoxy) is 2. The Kier molecular flexibility index (Phi) is 8.16. The Bertz CT molecular complexity index is 868. The van der Waals surface area contributed by atoms with E-state index in [2.05, 4.69) is 10.3 Å². The van der Waals surface area contributed by atoms with Crippen molar-refractivity contribution in [3.8, 4) is 0 Å². The van der Waals surface area contributed by atoms with E-state index in [9.17, 15) is 9.59 Å². The van der Waals surface area contributed by atoms with E-state index in [-0.39, 0.29) is 11.9 Å². The van der Waals surface area contributed by atoms with Crippen LogP contribution in [-0.2, 0) is 14.3 Å². The maximum atomic E-state index is 12.1. The molecule has 1 unspecified atom stereocenters. The van der Waals surface area contributed by atoms with E-state index in [4.69, 9.17) is 9.47 Å². The monoisotopic (exact) mass is 410 g/mol. The minimum absolute atomic E-state index is 0.0876. The highest BCUT2D eigenvalue weighted by Gasteiger charge is 2.19. The lowest BCUT2D eigenvalue weighted by Gasteiger charge is -2.22. The molecule has 0 aliphatic heterocycles. The second kappa shape index (κ2) is 10.6. The van der Waals surface area contributed by atoms with Gasteiger partial charge < -0.3 is 14.8 Å². The van der Waals surface area contributed by atoms with Gasteiger partial charge in [-0.25, -0.2) is 9.59 Å². The van der Waals surface area contributed by atoms with Gasteiger partial charge in [0.1, 0.15) is 5.60 Å². The fourth-order valence-electron chi connectivity index (χ4n) is 2.89. The highest BCUT2D eigenvalue weighted by Crippen LogP contribution is 2.24. The number of amides is 1. The van der Waals surface area contributed by atoms with E-state index < -0.39 is 11.7 Å². The molecular formula is C24H30N2O4. The number of benzene rings is 1. The van der Waals surface area contributed by atoms with Gasteiger partial charge in [-0.2, -0.15) is 0 Å². The van der Waals surface area contributed by atoms with Crippen LogP contribution in [0.25, 0.3) is 6.08 Å². The normalized spacial score (nSPS) is 12.8. The van der Waals surface area contributed by atoms with Crippen molar-refractivity contribution in [2.45, 2.75) is 46.1 Å². The van der Waals surface area contributed by atoms with Crippen LogP contribution in [0.5, 0.6) is 0 Å². The van der Waals surface area contributed by atoms with E-state index in [0.29, 0.717) is 18.7 Å². The molecule has 2 rings (SSSR count). The maximum Gasteiger partial charge on any atom is 0.407 e. The van der Waals surface area contributed by atoms with E-state index in [0.717, 1.165) is 16.7 Å². The topological polar surface area (TPSA) is 77.5 Å². The van der Waals surface area contributed by atoms with Gasteiger partial charge in [-0.05, 0) is 63.5 Å². The number of aromatic nitrogens is 1. The second-order valence-electron chi connectivity index (χ2n) is 7.94. The Morgan fingerprint density at radius 2 is 1.83 bits per heavy atom. The number of esters is 1. The fraction of sp³-hybridized carbons (Fsp3) is 0.375. The third-order valence-electron chi connectivity index (χ3n) is 4.26. The first-order valence-corrected chi connectivity index (χ1v) is 10.0. The molecule has 0 spiro atoms. The first kappa shape index (κ1) is 23.1. The predicted molar refractivity (Wildman–Crippen MR) is 117 cm³/mol. The molecule has 6 nitrogen and oxygen atoms in total. The Morgan fingerprint density at radius 1 is 1.13 bits per heavy atom. The summed E-state index contributed by atoms with van der Waals surface area (Å²) in [4.78, 5) is 28.1. The lowest BCUT2D eigenvalue weighted by Crippen LogP contribution is -2.35. The molecule has 0 aliphatic carbocycles. The summed E-state index contributed by atoms with van der Waals surface area (Å²) in [6.07, 6.45) is 4.84. The van der Waals surface area contributed by atoms with Crippen molar-refractivity contribution in [2.24, 2.45) is 0 Å². The molecule has 0 aliphatic rings. The quantitative estimate of drug-likeness (QED) is 0.529. The van der Waals surface area contributed by atoms with Crippen LogP contribution in [0.1, 0.15) is 57.2 Å². The number of alkyl carbamates (subject to hydrolysis) is 1. The third-order valence-corrected chi connectivity index (χ3v) is 4.26. The summed E-state index contributed by atoms with van der Waals surface area (Å²) in [5, 5.41) is 2.85. The van der Waals surface area contributed by atoms with Crippen LogP contribution in [0, 0.1) is 0 Å². The number of pyridine rings is 1. The molecule has 30 heavy (non-hydrogen) atoms. The summed E-state index contributed by atoms with van der Waals surface area (Å²) >= 11 is 0. The van der Waals surface area contributed by atoms with E-state index in [1.165, 1.54) is 0 Å². The average Bonchev–Trinajstić information content (AvgIpc) is 2.69. The minimum atomic E-state index is -0.557. The van der Waals surface area contributed by atoms with Gasteiger partial charge in [0.05, 0.1) is 6.61 Å². The van der Waals surface area contributed by atoms with Gasteiger partial charge in [0, 0.05) is 30.4 Å². The molecule has 160 valence electrons. The van der Waals surface area contributed by atoms with Crippen molar-refractivity contribution in [2.75, 3.05) is 13.2 Å². The lowest BCUT2D eigenvalue weighted by molar-refractivity contribution is -0.138. The molecule has 1 amide bonds. The summed E-state index contributed by atoms with van der Waals surface area (Å²) < 4.78 is 10.4. The fourth-order valence-corrected chi connectivity index (χ4v) is 2.89. The predicted octanol–water partition coefficient (Wildman–Crippen LogP) is 4.70. The average molecular weight is 411 g/mol. The number of carbonyl (C=O) groups excluding carboxylic acids is 2. The van der Waals surface area contributed by atoms with Gasteiger partial charge in [-0.15, -0.1) is 0 Å². The molecule has 1 atom stereocenters. The molecule has 2 aromatic rings. The van der Waals surface area contributed by atoms with Gasteiger partial charge in [-0.1, -0.05) is 30.3 Å². The first-order chi connectivity index (χ1) is 14.2. The largest absolute Gasteiger partial charge is 0.463 e. The molecule has 0 saturated heterocycles. The second-order valence-corrected chi connectivity index (χ2v) is 7.94. The first-order valence-electron chi connectivity index (χ1n) is 10.0. The number of nitrogens with one attached hydrogen (secondary N) is 1. The molecule has 1 aromatic carbocycles. The van der Waals surface area contributed by atoms with E-state index in [1.54, 1.807) is 32.3 Å². The highest BCUT2D eigenvalue weighted by atomic mass is 16.6. The van der Waals surface area contributed by atoms with Crippen LogP contribution in [-0.4, -0.2) is 35.8 Å². The zero-order chi connectivity index (χ0) is 22.1. The Labute approximate surface area is 178 Å². The molecule has 0 bridgehead atoms. The van der Waals surface area contributed by atoms with Crippen LogP contribution in [0.3, 0.4) is 0 Å². The Morgan fingerprint density at radius 3 is 2.40 bits per heavy atom. The number of nitrogens with zero attached hydrogens (tertiary/aromatic N) is 1. The highest BCUT2D eigenvalue weighted by molar-refractivity contribution is 5.92. The summed E-state index contributed by atoms with van der Waals surface area (Å²) in [6.45, 7) is 9.72. The standard InChI is InChI=1S/C24H30N2O4/c1-6-29-22(27)17(2)14-18-9-11-19(12-10-18)21(20-8-7-13-25-15-20)16-26-23(28)30-24(3,4)5/h7-15,21H,6,16H2,1-5H3,(H,26,28)/b17-14+. The van der Waals surface area contributed by atoms with Crippen molar-refractivity contribution in [1.82, 2.24) is 10.3 Å². The molecular weight excluding hydrogens is 380 g/mol.